The Kier molecular flexibility index (Phi) is 9.94. The maximum absolute atomic E-state index is 12.0. The monoisotopic (exact) mass is 548 g/mol. The smallest absolute Gasteiger partial charge is 0.251 e. The number of anilines is 1. The first-order chi connectivity index (χ1) is 12.5. The van der Waals surface area contributed by atoms with E-state index < -0.39 is 0 Å². The average Bonchev–Trinajstić information content (AvgIpc) is 2.65. The highest BCUT2D eigenvalue weighted by Crippen LogP contribution is 2.29. The molecule has 7 nitrogen and oxygen atoms in total. The molecule has 146 valence electrons. The number of guanidine groups is 1. The van der Waals surface area contributed by atoms with Crippen molar-refractivity contribution in [1.29, 1.82) is 0 Å². The summed E-state index contributed by atoms with van der Waals surface area (Å²) in [5.74, 6) is 1.31. The number of halogens is 2. The van der Waals surface area contributed by atoms with Gasteiger partial charge in [-0.15, -0.1) is 24.0 Å². The van der Waals surface area contributed by atoms with Crippen molar-refractivity contribution < 1.29 is 14.3 Å². The van der Waals surface area contributed by atoms with Gasteiger partial charge in [0, 0.05) is 28.3 Å². The van der Waals surface area contributed by atoms with Gasteiger partial charge >= 0.3 is 0 Å². The van der Waals surface area contributed by atoms with Crippen LogP contribution in [0, 0.1) is 0 Å². The zero-order valence-electron chi connectivity index (χ0n) is 15.0. The molecule has 1 amide bonds. The molecule has 9 heteroatoms. The third-order valence-electron chi connectivity index (χ3n) is 3.44. The Morgan fingerprint density at radius 3 is 2.41 bits per heavy atom. The third-order valence-corrected chi connectivity index (χ3v) is 3.97. The van der Waals surface area contributed by atoms with Crippen LogP contribution in [0.5, 0.6) is 11.5 Å². The summed E-state index contributed by atoms with van der Waals surface area (Å²) in [6.07, 6.45) is 0. The highest BCUT2D eigenvalue weighted by atomic mass is 127. The first-order valence-corrected chi connectivity index (χ1v) is 8.65. The third kappa shape index (κ3) is 7.25. The van der Waals surface area contributed by atoms with E-state index in [0.717, 1.165) is 10.2 Å². The summed E-state index contributed by atoms with van der Waals surface area (Å²) in [6.45, 7) is 0.734. The van der Waals surface area contributed by atoms with E-state index in [1.54, 1.807) is 44.6 Å². The molecule has 0 unspecified atom stereocenters. The standard InChI is InChI=1S/C18H21BrN4O3.HI/c1-25-15-8-7-14(11-16(15)26-2)23-18(20)22-10-9-21-17(24)12-3-5-13(19)6-4-12;/h3-8,11H,9-10H2,1-2H3,(H,21,24)(H3,20,22,23);1H. The van der Waals surface area contributed by atoms with Crippen LogP contribution in [0.4, 0.5) is 5.69 Å². The Hall–Kier alpha value is -2.01. The summed E-state index contributed by atoms with van der Waals surface area (Å²) in [5, 5.41) is 5.76. The van der Waals surface area contributed by atoms with Gasteiger partial charge in [0.15, 0.2) is 17.5 Å². The molecule has 0 radical (unpaired) electrons. The van der Waals surface area contributed by atoms with Crippen LogP contribution < -0.4 is 25.8 Å². The Morgan fingerprint density at radius 1 is 1.11 bits per heavy atom. The number of nitrogens with two attached hydrogens (primary N) is 1. The van der Waals surface area contributed by atoms with E-state index in [1.807, 2.05) is 12.1 Å². The molecular formula is C18H22BrIN4O3. The van der Waals surface area contributed by atoms with Crippen LogP contribution in [-0.2, 0) is 0 Å². The van der Waals surface area contributed by atoms with E-state index >= 15 is 0 Å². The van der Waals surface area contributed by atoms with E-state index in [2.05, 4.69) is 31.6 Å². The number of rotatable bonds is 7. The summed E-state index contributed by atoms with van der Waals surface area (Å²) in [7, 11) is 3.14. The topological polar surface area (TPSA) is 98.0 Å². The second-order valence-corrected chi connectivity index (χ2v) is 6.14. The van der Waals surface area contributed by atoms with Crippen molar-refractivity contribution in [3.05, 3.63) is 52.5 Å². The molecule has 0 saturated heterocycles. The molecule has 0 aliphatic heterocycles. The molecule has 2 rings (SSSR count). The minimum Gasteiger partial charge on any atom is -0.493 e. The highest BCUT2D eigenvalue weighted by Gasteiger charge is 2.06. The van der Waals surface area contributed by atoms with Crippen molar-refractivity contribution in [3.63, 3.8) is 0 Å². The largest absolute Gasteiger partial charge is 0.493 e. The molecule has 0 aromatic heterocycles. The number of aliphatic imine (C=N–C) groups is 1. The highest BCUT2D eigenvalue weighted by molar-refractivity contribution is 14.0. The van der Waals surface area contributed by atoms with Gasteiger partial charge in [-0.3, -0.25) is 9.79 Å². The van der Waals surface area contributed by atoms with E-state index in [0.29, 0.717) is 30.2 Å². The Morgan fingerprint density at radius 2 is 1.78 bits per heavy atom. The van der Waals surface area contributed by atoms with Crippen molar-refractivity contribution in [2.24, 2.45) is 10.7 Å². The number of amides is 1. The van der Waals surface area contributed by atoms with Gasteiger partial charge in [0.2, 0.25) is 0 Å². The maximum Gasteiger partial charge on any atom is 0.251 e. The lowest BCUT2D eigenvalue weighted by Gasteiger charge is -2.11. The van der Waals surface area contributed by atoms with Crippen LogP contribution in [0.3, 0.4) is 0 Å². The number of carbonyl (C=O) groups excluding carboxylic acids is 1. The van der Waals surface area contributed by atoms with Crippen LogP contribution in [0.2, 0.25) is 0 Å². The number of ether oxygens (including phenoxy) is 2. The van der Waals surface area contributed by atoms with E-state index in [4.69, 9.17) is 15.2 Å². The molecule has 0 aliphatic rings. The maximum atomic E-state index is 12.0. The van der Waals surface area contributed by atoms with Crippen LogP contribution in [0.1, 0.15) is 10.4 Å². The van der Waals surface area contributed by atoms with E-state index in [1.165, 1.54) is 0 Å². The predicted octanol–water partition coefficient (Wildman–Crippen LogP) is 3.24. The van der Waals surface area contributed by atoms with Gasteiger partial charge in [0.1, 0.15) is 0 Å². The number of methoxy groups -OCH3 is 2. The number of hydrogen-bond donors (Lipinski definition) is 3. The number of carbonyl (C=O) groups is 1. The SMILES string of the molecule is COc1ccc(NC(N)=NCCNC(=O)c2ccc(Br)cc2)cc1OC.I. The fraction of sp³-hybridized carbons (Fsp3) is 0.222. The summed E-state index contributed by atoms with van der Waals surface area (Å²) >= 11 is 3.33. The quantitative estimate of drug-likeness (QED) is 0.213. The van der Waals surface area contributed by atoms with E-state index in [-0.39, 0.29) is 35.8 Å². The first-order valence-electron chi connectivity index (χ1n) is 7.86. The Balaban J connectivity index is 0.00000364. The molecular weight excluding hydrogens is 527 g/mol. The fourth-order valence-corrected chi connectivity index (χ4v) is 2.41. The van der Waals surface area contributed by atoms with Gasteiger partial charge < -0.3 is 25.8 Å². The lowest BCUT2D eigenvalue weighted by atomic mass is 10.2. The van der Waals surface area contributed by atoms with Gasteiger partial charge in [-0.25, -0.2) is 0 Å². The molecule has 0 aliphatic carbocycles. The zero-order chi connectivity index (χ0) is 18.9. The lowest BCUT2D eigenvalue weighted by molar-refractivity contribution is 0.0955. The molecule has 0 spiro atoms. The van der Waals surface area contributed by atoms with Crippen LogP contribution >= 0.6 is 39.9 Å². The molecule has 0 bridgehead atoms. The van der Waals surface area contributed by atoms with Gasteiger partial charge in [-0.05, 0) is 36.4 Å². The number of nitrogens with one attached hydrogen (secondary N) is 2. The lowest BCUT2D eigenvalue weighted by Crippen LogP contribution is -2.28. The summed E-state index contributed by atoms with van der Waals surface area (Å²) < 4.78 is 11.3. The van der Waals surface area contributed by atoms with Gasteiger partial charge in [-0.1, -0.05) is 15.9 Å². The van der Waals surface area contributed by atoms with Crippen LogP contribution in [0.15, 0.2) is 51.9 Å². The Labute approximate surface area is 183 Å². The minimum absolute atomic E-state index is 0. The summed E-state index contributed by atoms with van der Waals surface area (Å²) in [5.41, 5.74) is 7.18. The molecule has 0 fully saturated rings. The number of benzene rings is 2. The molecule has 0 atom stereocenters. The first kappa shape index (κ1) is 23.0. The van der Waals surface area contributed by atoms with Crippen LogP contribution in [0.25, 0.3) is 0 Å². The molecule has 2 aromatic carbocycles. The Bertz CT molecular complexity index is 785. The predicted molar refractivity (Wildman–Crippen MR) is 122 cm³/mol. The normalized spacial score (nSPS) is 10.6. The van der Waals surface area contributed by atoms with Crippen LogP contribution in [-0.4, -0.2) is 39.2 Å². The van der Waals surface area contributed by atoms with Crippen molar-refractivity contribution in [1.82, 2.24) is 5.32 Å². The van der Waals surface area contributed by atoms with Crippen molar-refractivity contribution in [3.8, 4) is 11.5 Å². The van der Waals surface area contributed by atoms with Crippen molar-refractivity contribution >= 4 is 57.5 Å². The van der Waals surface area contributed by atoms with Gasteiger partial charge in [-0.2, -0.15) is 0 Å². The number of hydrogen-bond acceptors (Lipinski definition) is 4. The van der Waals surface area contributed by atoms with Crippen molar-refractivity contribution in [2.75, 3.05) is 32.6 Å². The second-order valence-electron chi connectivity index (χ2n) is 5.22. The summed E-state index contributed by atoms with van der Waals surface area (Å²) in [6, 6.07) is 12.5. The fourth-order valence-electron chi connectivity index (χ4n) is 2.15. The average molecular weight is 549 g/mol. The minimum atomic E-state index is -0.154. The second kappa shape index (κ2) is 11.7. The summed E-state index contributed by atoms with van der Waals surface area (Å²) in [4.78, 5) is 16.2. The van der Waals surface area contributed by atoms with E-state index in [9.17, 15) is 4.79 Å². The molecule has 0 heterocycles. The molecule has 27 heavy (non-hydrogen) atoms. The van der Waals surface area contributed by atoms with Gasteiger partial charge in [0.25, 0.3) is 5.91 Å². The number of nitrogens with zero attached hydrogens (tertiary/aromatic N) is 1. The van der Waals surface area contributed by atoms with Crippen molar-refractivity contribution in [2.45, 2.75) is 0 Å². The van der Waals surface area contributed by atoms with Gasteiger partial charge in [0.05, 0.1) is 20.8 Å². The molecule has 2 aromatic rings. The zero-order valence-corrected chi connectivity index (χ0v) is 18.9. The molecule has 4 N–H and O–H groups in total. The molecule has 0 saturated carbocycles.